The van der Waals surface area contributed by atoms with E-state index in [1.165, 1.54) is 22.5 Å². The molecule has 0 aromatic rings. The second-order valence-corrected chi connectivity index (χ2v) is 1.89. The Morgan fingerprint density at radius 1 is 2.00 bits per heavy atom. The molecule has 0 unspecified atom stereocenters. The summed E-state index contributed by atoms with van der Waals surface area (Å²) < 4.78 is 0.757. The van der Waals surface area contributed by atoms with Crippen LogP contribution in [0.25, 0.3) is 0 Å². The average Bonchev–Trinajstić information content (AvgIpc) is 1.38. The Morgan fingerprint density at radius 3 is 2.20 bits per heavy atom. The molecule has 0 fully saturated rings. The molecule has 0 heterocycles. The van der Waals surface area contributed by atoms with E-state index in [1.54, 1.807) is 6.92 Å². The number of rotatable bonds is 1. The van der Waals surface area contributed by atoms with E-state index in [-0.39, 0.29) is 0 Å². The van der Waals surface area contributed by atoms with Crippen LogP contribution in [0.5, 0.6) is 0 Å². The van der Waals surface area contributed by atoms with Gasteiger partial charge in [0.25, 0.3) is 0 Å². The SMILES string of the molecule is CC(=O)[CH2][Sn]. The van der Waals surface area contributed by atoms with Gasteiger partial charge in [-0.15, -0.1) is 0 Å². The van der Waals surface area contributed by atoms with E-state index in [0.29, 0.717) is 5.78 Å². The molecule has 5 heavy (non-hydrogen) atoms. The van der Waals surface area contributed by atoms with E-state index >= 15 is 0 Å². The van der Waals surface area contributed by atoms with Crippen molar-refractivity contribution in [1.82, 2.24) is 0 Å². The fraction of sp³-hybridized carbons (Fsp3) is 0.667. The fourth-order valence-corrected chi connectivity index (χ4v) is 0. The summed E-state index contributed by atoms with van der Waals surface area (Å²) in [6.07, 6.45) is 0. The number of Topliss-reactive ketones (excluding diaryl/α,β-unsaturated/α-hetero) is 1. The minimum atomic E-state index is 0.295. The van der Waals surface area contributed by atoms with Crippen LogP contribution in [0.2, 0.25) is 4.44 Å². The molecule has 0 aliphatic rings. The summed E-state index contributed by atoms with van der Waals surface area (Å²) in [6.45, 7) is 1.61. The van der Waals surface area contributed by atoms with Gasteiger partial charge in [-0.1, -0.05) is 0 Å². The zero-order valence-electron chi connectivity index (χ0n) is 3.12. The molecule has 3 radical (unpaired) electrons. The van der Waals surface area contributed by atoms with E-state index in [4.69, 9.17) is 0 Å². The number of hydrogen-bond donors (Lipinski definition) is 0. The molecular formula is C3H5OSn. The van der Waals surface area contributed by atoms with Gasteiger partial charge in [0.05, 0.1) is 0 Å². The molecule has 0 aliphatic carbocycles. The second-order valence-electron chi connectivity index (χ2n) is 0.879. The summed E-state index contributed by atoms with van der Waals surface area (Å²) in [5.41, 5.74) is 0. The van der Waals surface area contributed by atoms with E-state index < -0.39 is 0 Å². The number of carbonyl (C=O) groups is 1. The predicted molar refractivity (Wildman–Crippen MR) is 21.2 cm³/mol. The van der Waals surface area contributed by atoms with Crippen molar-refractivity contribution in [3.05, 3.63) is 0 Å². The van der Waals surface area contributed by atoms with Crippen molar-refractivity contribution in [2.75, 3.05) is 0 Å². The average molecular weight is 176 g/mol. The molecule has 0 saturated carbocycles. The van der Waals surface area contributed by atoms with Gasteiger partial charge in [0.15, 0.2) is 0 Å². The summed E-state index contributed by atoms with van der Waals surface area (Å²) in [4.78, 5) is 9.84. The van der Waals surface area contributed by atoms with Crippen LogP contribution in [-0.2, 0) is 4.79 Å². The van der Waals surface area contributed by atoms with Crippen LogP contribution in [-0.4, -0.2) is 28.3 Å². The molecule has 1 nitrogen and oxygen atoms in total. The monoisotopic (exact) mass is 177 g/mol. The summed E-state index contributed by atoms with van der Waals surface area (Å²) in [5, 5.41) is 0. The van der Waals surface area contributed by atoms with E-state index in [9.17, 15) is 4.79 Å². The standard InChI is InChI=1S/C3H5O.Sn/c1-3(2)4;/h1H2,2H3;. The molecular weight excluding hydrogens is 171 g/mol. The predicted octanol–water partition coefficient (Wildman–Crippen LogP) is 0.162. The van der Waals surface area contributed by atoms with Crippen molar-refractivity contribution in [2.45, 2.75) is 11.4 Å². The maximum absolute atomic E-state index is 9.84. The van der Waals surface area contributed by atoms with E-state index in [2.05, 4.69) is 0 Å². The van der Waals surface area contributed by atoms with Gasteiger partial charge in [-0.25, -0.2) is 0 Å². The summed E-state index contributed by atoms with van der Waals surface area (Å²) in [5.74, 6) is 0.295. The normalized spacial score (nSPS) is 7.60. The van der Waals surface area contributed by atoms with Gasteiger partial charge in [-0.05, 0) is 0 Å². The van der Waals surface area contributed by atoms with Crippen LogP contribution in [0.1, 0.15) is 6.92 Å². The molecule has 0 rings (SSSR count). The molecule has 2 heteroatoms. The van der Waals surface area contributed by atoms with Gasteiger partial charge in [0.1, 0.15) is 0 Å². The Kier molecular flexibility index (Phi) is 2.94. The van der Waals surface area contributed by atoms with Crippen molar-refractivity contribution in [3.8, 4) is 0 Å². The van der Waals surface area contributed by atoms with Crippen molar-refractivity contribution < 1.29 is 4.79 Å². The van der Waals surface area contributed by atoms with Crippen LogP contribution in [0.15, 0.2) is 0 Å². The second kappa shape index (κ2) is 2.69. The topological polar surface area (TPSA) is 17.1 Å². The van der Waals surface area contributed by atoms with Gasteiger partial charge < -0.3 is 0 Å². The van der Waals surface area contributed by atoms with Crippen molar-refractivity contribution in [3.63, 3.8) is 0 Å². The molecule has 0 aromatic heterocycles. The van der Waals surface area contributed by atoms with E-state index in [0.717, 1.165) is 4.44 Å². The van der Waals surface area contributed by atoms with Crippen LogP contribution < -0.4 is 0 Å². The van der Waals surface area contributed by atoms with Crippen LogP contribution >= 0.6 is 0 Å². The van der Waals surface area contributed by atoms with Gasteiger partial charge in [0.2, 0.25) is 0 Å². The Bertz CT molecular complexity index is 42.2. The molecule has 0 spiro atoms. The zero-order chi connectivity index (χ0) is 4.28. The molecule has 0 saturated heterocycles. The van der Waals surface area contributed by atoms with Crippen molar-refractivity contribution >= 4 is 28.3 Å². The third-order valence-electron chi connectivity index (χ3n) is 0.249. The molecule has 0 N–H and O–H groups in total. The summed E-state index contributed by atoms with van der Waals surface area (Å²) in [7, 11) is 0. The van der Waals surface area contributed by atoms with Crippen molar-refractivity contribution in [1.29, 1.82) is 0 Å². The maximum atomic E-state index is 9.84. The third-order valence-corrected chi connectivity index (χ3v) is 1.67. The molecule has 0 amide bonds. The third kappa shape index (κ3) is 4.47. The number of ketones is 1. The van der Waals surface area contributed by atoms with Crippen molar-refractivity contribution in [2.24, 2.45) is 0 Å². The fourth-order valence-electron chi connectivity index (χ4n) is 0. The van der Waals surface area contributed by atoms with Crippen LogP contribution in [0.4, 0.5) is 0 Å². The first-order valence-corrected chi connectivity index (χ1v) is 3.43. The molecule has 0 atom stereocenters. The Morgan fingerprint density at radius 2 is 2.20 bits per heavy atom. The summed E-state index contributed by atoms with van der Waals surface area (Å²) in [6, 6.07) is 0. The Balaban J connectivity index is 2.85. The van der Waals surface area contributed by atoms with Gasteiger partial charge in [0, 0.05) is 0 Å². The quantitative estimate of drug-likeness (QED) is 0.520. The Hall–Kier alpha value is 0.469. The first-order chi connectivity index (χ1) is 2.27. The first-order valence-electron chi connectivity index (χ1n) is 1.41. The number of hydrogen-bond acceptors (Lipinski definition) is 1. The Labute approximate surface area is 44.8 Å². The first kappa shape index (κ1) is 5.47. The zero-order valence-corrected chi connectivity index (χ0v) is 5.97. The van der Waals surface area contributed by atoms with Crippen LogP contribution in [0, 0.1) is 0 Å². The molecule has 0 aliphatic heterocycles. The van der Waals surface area contributed by atoms with Crippen LogP contribution in [0.3, 0.4) is 0 Å². The number of carbonyl (C=O) groups excluding carboxylic acids is 1. The molecule has 0 bridgehead atoms. The minimum absolute atomic E-state index is 0.295. The van der Waals surface area contributed by atoms with Gasteiger partial charge in [-0.2, -0.15) is 0 Å². The van der Waals surface area contributed by atoms with Gasteiger partial charge >= 0.3 is 44.5 Å². The molecule has 27 valence electrons. The van der Waals surface area contributed by atoms with Gasteiger partial charge in [-0.3, -0.25) is 0 Å². The molecule has 0 aromatic carbocycles. The van der Waals surface area contributed by atoms with E-state index in [1.807, 2.05) is 0 Å². The summed E-state index contributed by atoms with van der Waals surface area (Å²) >= 11 is 1.31.